The lowest BCUT2D eigenvalue weighted by atomic mass is 10.1. The van der Waals surface area contributed by atoms with Crippen LogP contribution >= 0.6 is 23.2 Å². The van der Waals surface area contributed by atoms with Gasteiger partial charge in [0.25, 0.3) is 5.91 Å². The van der Waals surface area contributed by atoms with Crippen molar-refractivity contribution in [1.29, 1.82) is 0 Å². The van der Waals surface area contributed by atoms with Crippen LogP contribution in [0.5, 0.6) is 5.75 Å². The molecule has 0 aliphatic carbocycles. The second-order valence-electron chi connectivity index (χ2n) is 6.09. The van der Waals surface area contributed by atoms with Crippen molar-refractivity contribution >= 4 is 34.8 Å². The highest BCUT2D eigenvalue weighted by Gasteiger charge is 2.06. The van der Waals surface area contributed by atoms with Crippen LogP contribution < -0.4 is 10.2 Å². The minimum atomic E-state index is -0.315. The second-order valence-corrected chi connectivity index (χ2v) is 6.96. The first-order chi connectivity index (χ1) is 13.5. The molecule has 142 valence electrons. The predicted molar refractivity (Wildman–Crippen MR) is 113 cm³/mol. The normalized spacial score (nSPS) is 11.2. The van der Waals surface area contributed by atoms with E-state index in [2.05, 4.69) is 10.5 Å². The summed E-state index contributed by atoms with van der Waals surface area (Å²) in [6.07, 6.45) is 0. The molecule has 0 bridgehead atoms. The summed E-state index contributed by atoms with van der Waals surface area (Å²) in [6, 6.07) is 21.7. The molecule has 4 nitrogen and oxygen atoms in total. The number of halogens is 2. The second kappa shape index (κ2) is 9.40. The molecule has 0 aliphatic heterocycles. The molecule has 0 unspecified atom stereocenters. The largest absolute Gasteiger partial charge is 0.489 e. The molecular formula is C22H18Cl2N2O2. The fraction of sp³-hybridized carbons (Fsp3) is 0.0909. The summed E-state index contributed by atoms with van der Waals surface area (Å²) < 4.78 is 5.77. The summed E-state index contributed by atoms with van der Waals surface area (Å²) >= 11 is 11.8. The van der Waals surface area contributed by atoms with Gasteiger partial charge in [-0.3, -0.25) is 4.79 Å². The number of benzene rings is 3. The van der Waals surface area contributed by atoms with Gasteiger partial charge >= 0.3 is 0 Å². The van der Waals surface area contributed by atoms with E-state index in [0.29, 0.717) is 27.9 Å². The Hall–Kier alpha value is -2.82. The first kappa shape index (κ1) is 19.9. The highest BCUT2D eigenvalue weighted by molar-refractivity contribution is 6.31. The van der Waals surface area contributed by atoms with E-state index >= 15 is 0 Å². The van der Waals surface area contributed by atoms with E-state index in [0.717, 1.165) is 16.9 Å². The van der Waals surface area contributed by atoms with Gasteiger partial charge in [-0.2, -0.15) is 5.10 Å². The molecule has 0 heterocycles. The van der Waals surface area contributed by atoms with Gasteiger partial charge in [-0.25, -0.2) is 5.43 Å². The fourth-order valence-electron chi connectivity index (χ4n) is 2.43. The summed E-state index contributed by atoms with van der Waals surface area (Å²) in [5.41, 5.74) is 5.59. The molecule has 0 aliphatic rings. The summed E-state index contributed by atoms with van der Waals surface area (Å²) in [6.45, 7) is 2.28. The standard InChI is InChI=1S/C22H18Cl2N2O2/c1-15(25-26-22(27)18-3-2-4-20(24)13-18)17-7-11-21(12-8-17)28-14-16-5-9-19(23)10-6-16/h2-13H,14H2,1H3,(H,26,27)/b25-15+. The van der Waals surface area contributed by atoms with Gasteiger partial charge in [0.2, 0.25) is 0 Å². The van der Waals surface area contributed by atoms with Gasteiger partial charge in [-0.15, -0.1) is 0 Å². The lowest BCUT2D eigenvalue weighted by Crippen LogP contribution is -2.19. The Morgan fingerprint density at radius 2 is 1.64 bits per heavy atom. The van der Waals surface area contributed by atoms with Crippen LogP contribution in [0.15, 0.2) is 77.9 Å². The molecule has 0 saturated carbocycles. The zero-order valence-corrected chi connectivity index (χ0v) is 16.7. The highest BCUT2D eigenvalue weighted by Crippen LogP contribution is 2.16. The highest BCUT2D eigenvalue weighted by atomic mass is 35.5. The van der Waals surface area contributed by atoms with E-state index in [1.165, 1.54) is 0 Å². The molecule has 6 heteroatoms. The first-order valence-electron chi connectivity index (χ1n) is 8.59. The van der Waals surface area contributed by atoms with E-state index < -0.39 is 0 Å². The van der Waals surface area contributed by atoms with E-state index in [1.807, 2.05) is 55.5 Å². The van der Waals surface area contributed by atoms with E-state index in [-0.39, 0.29) is 5.91 Å². The predicted octanol–water partition coefficient (Wildman–Crippen LogP) is 5.73. The molecule has 3 aromatic rings. The summed E-state index contributed by atoms with van der Waals surface area (Å²) in [4.78, 5) is 12.1. The van der Waals surface area contributed by atoms with Crippen molar-refractivity contribution in [2.75, 3.05) is 0 Å². The zero-order chi connectivity index (χ0) is 19.9. The molecule has 28 heavy (non-hydrogen) atoms. The van der Waals surface area contributed by atoms with Crippen LogP contribution in [-0.2, 0) is 6.61 Å². The van der Waals surface area contributed by atoms with E-state index in [1.54, 1.807) is 24.3 Å². The maximum Gasteiger partial charge on any atom is 0.271 e. The third kappa shape index (κ3) is 5.59. The number of carbonyl (C=O) groups is 1. The Morgan fingerprint density at radius 1 is 0.929 bits per heavy atom. The quantitative estimate of drug-likeness (QED) is 0.415. The Kier molecular flexibility index (Phi) is 6.69. The molecular weight excluding hydrogens is 395 g/mol. The monoisotopic (exact) mass is 412 g/mol. The number of hydrogen-bond acceptors (Lipinski definition) is 3. The molecule has 1 N–H and O–H groups in total. The van der Waals surface area contributed by atoms with Crippen LogP contribution in [0, 0.1) is 0 Å². The Labute approximate surface area is 173 Å². The molecule has 1 amide bonds. The number of hydrogen-bond donors (Lipinski definition) is 1. The van der Waals surface area contributed by atoms with Crippen molar-refractivity contribution < 1.29 is 9.53 Å². The van der Waals surface area contributed by atoms with Gasteiger partial charge in [0.1, 0.15) is 12.4 Å². The maximum absolute atomic E-state index is 12.1. The SMILES string of the molecule is C/C(=N\NC(=O)c1cccc(Cl)c1)c1ccc(OCc2ccc(Cl)cc2)cc1. The maximum atomic E-state index is 12.1. The van der Waals surface area contributed by atoms with Crippen molar-refractivity contribution in [2.24, 2.45) is 5.10 Å². The molecule has 0 radical (unpaired) electrons. The number of rotatable bonds is 6. The Bertz CT molecular complexity index is 984. The molecule has 0 atom stereocenters. The van der Waals surface area contributed by atoms with Gasteiger partial charge in [0, 0.05) is 15.6 Å². The number of amides is 1. The third-order valence-corrected chi connectivity index (χ3v) is 4.49. The molecule has 0 aromatic heterocycles. The number of hydrazone groups is 1. The third-order valence-electron chi connectivity index (χ3n) is 4.00. The van der Waals surface area contributed by atoms with Crippen molar-refractivity contribution in [2.45, 2.75) is 13.5 Å². The lowest BCUT2D eigenvalue weighted by molar-refractivity contribution is 0.0955. The van der Waals surface area contributed by atoms with Crippen LogP contribution in [0.2, 0.25) is 10.0 Å². The van der Waals surface area contributed by atoms with Crippen molar-refractivity contribution in [3.8, 4) is 5.75 Å². The van der Waals surface area contributed by atoms with E-state index in [4.69, 9.17) is 27.9 Å². The number of nitrogens with one attached hydrogen (secondary N) is 1. The van der Waals surface area contributed by atoms with Crippen LogP contribution in [0.25, 0.3) is 0 Å². The van der Waals surface area contributed by atoms with Gasteiger partial charge in [0.05, 0.1) is 5.71 Å². The Balaban J connectivity index is 1.58. The van der Waals surface area contributed by atoms with Gasteiger partial charge in [-0.1, -0.05) is 41.4 Å². The zero-order valence-electron chi connectivity index (χ0n) is 15.2. The molecule has 0 fully saturated rings. The average Bonchev–Trinajstić information content (AvgIpc) is 2.71. The number of carbonyl (C=O) groups excluding carboxylic acids is 1. The summed E-state index contributed by atoms with van der Waals surface area (Å²) in [5.74, 6) is 0.430. The summed E-state index contributed by atoms with van der Waals surface area (Å²) in [7, 11) is 0. The number of ether oxygens (including phenoxy) is 1. The topological polar surface area (TPSA) is 50.7 Å². The van der Waals surface area contributed by atoms with Crippen LogP contribution in [-0.4, -0.2) is 11.6 Å². The summed E-state index contributed by atoms with van der Waals surface area (Å²) in [5, 5.41) is 5.35. The van der Waals surface area contributed by atoms with Crippen LogP contribution in [0.4, 0.5) is 0 Å². The Morgan fingerprint density at radius 3 is 2.32 bits per heavy atom. The van der Waals surface area contributed by atoms with Crippen molar-refractivity contribution in [3.05, 3.63) is 99.5 Å². The minimum Gasteiger partial charge on any atom is -0.489 e. The smallest absolute Gasteiger partial charge is 0.271 e. The average molecular weight is 413 g/mol. The molecule has 3 aromatic carbocycles. The molecule has 3 rings (SSSR count). The van der Waals surface area contributed by atoms with E-state index in [9.17, 15) is 4.79 Å². The minimum absolute atomic E-state index is 0.315. The van der Waals surface area contributed by atoms with Crippen molar-refractivity contribution in [1.82, 2.24) is 5.43 Å². The molecule has 0 saturated heterocycles. The number of nitrogens with zero attached hydrogens (tertiary/aromatic N) is 1. The van der Waals surface area contributed by atoms with Gasteiger partial charge in [0.15, 0.2) is 0 Å². The van der Waals surface area contributed by atoms with Gasteiger partial charge in [-0.05, 0) is 72.6 Å². The van der Waals surface area contributed by atoms with Gasteiger partial charge < -0.3 is 4.74 Å². The first-order valence-corrected chi connectivity index (χ1v) is 9.35. The van der Waals surface area contributed by atoms with Crippen LogP contribution in [0.1, 0.15) is 28.4 Å². The van der Waals surface area contributed by atoms with Crippen molar-refractivity contribution in [3.63, 3.8) is 0 Å². The lowest BCUT2D eigenvalue weighted by Gasteiger charge is -2.08. The molecule has 0 spiro atoms. The van der Waals surface area contributed by atoms with Crippen LogP contribution in [0.3, 0.4) is 0 Å². The fourth-order valence-corrected chi connectivity index (χ4v) is 2.75.